The third-order valence-corrected chi connectivity index (χ3v) is 3.63. The molecule has 1 atom stereocenters. The van der Waals surface area contributed by atoms with Crippen molar-refractivity contribution in [3.8, 4) is 0 Å². The molecule has 0 aromatic carbocycles. The van der Waals surface area contributed by atoms with Crippen LogP contribution in [0.2, 0.25) is 0 Å². The average Bonchev–Trinajstić information content (AvgIpc) is 2.36. The Hall–Kier alpha value is -0.610. The monoisotopic (exact) mass is 228 g/mol. The van der Waals surface area contributed by atoms with Crippen LogP contribution in [-0.2, 0) is 9.53 Å². The van der Waals surface area contributed by atoms with Crippen LogP contribution in [0, 0.1) is 11.3 Å². The molecule has 1 aliphatic heterocycles. The molecule has 3 N–H and O–H groups in total. The van der Waals surface area contributed by atoms with Crippen molar-refractivity contribution in [2.24, 2.45) is 17.1 Å². The molecule has 16 heavy (non-hydrogen) atoms. The topological polar surface area (TPSA) is 64.4 Å². The fraction of sp³-hybridized carbons (Fsp3) is 0.917. The van der Waals surface area contributed by atoms with E-state index in [1.165, 1.54) is 0 Å². The van der Waals surface area contributed by atoms with Crippen LogP contribution < -0.4 is 11.1 Å². The second-order valence-electron chi connectivity index (χ2n) is 4.82. The van der Waals surface area contributed by atoms with Crippen LogP contribution >= 0.6 is 0 Å². The average molecular weight is 228 g/mol. The van der Waals surface area contributed by atoms with Crippen molar-refractivity contribution in [2.75, 3.05) is 26.3 Å². The van der Waals surface area contributed by atoms with Crippen molar-refractivity contribution in [2.45, 2.75) is 33.1 Å². The Bertz CT molecular complexity index is 225. The third kappa shape index (κ3) is 3.19. The van der Waals surface area contributed by atoms with Gasteiger partial charge in [0.2, 0.25) is 5.91 Å². The summed E-state index contributed by atoms with van der Waals surface area (Å²) in [6.07, 6.45) is 2.57. The van der Waals surface area contributed by atoms with Crippen molar-refractivity contribution < 1.29 is 9.53 Å². The van der Waals surface area contributed by atoms with Crippen molar-refractivity contribution in [1.82, 2.24) is 5.32 Å². The molecule has 0 radical (unpaired) electrons. The van der Waals surface area contributed by atoms with Gasteiger partial charge in [0.25, 0.3) is 0 Å². The van der Waals surface area contributed by atoms with Gasteiger partial charge in [-0.3, -0.25) is 4.79 Å². The van der Waals surface area contributed by atoms with Crippen molar-refractivity contribution in [3.63, 3.8) is 0 Å². The molecule has 4 heteroatoms. The smallest absolute Gasteiger partial charge is 0.227 e. The lowest BCUT2D eigenvalue weighted by Crippen LogP contribution is -2.49. The van der Waals surface area contributed by atoms with Crippen molar-refractivity contribution in [1.29, 1.82) is 0 Å². The molecule has 0 aliphatic carbocycles. The maximum absolute atomic E-state index is 12.1. The molecule has 1 unspecified atom stereocenters. The van der Waals surface area contributed by atoms with E-state index in [2.05, 4.69) is 19.2 Å². The quantitative estimate of drug-likeness (QED) is 0.735. The lowest BCUT2D eigenvalue weighted by molar-refractivity contribution is -0.136. The molecule has 1 rings (SSSR count). The van der Waals surface area contributed by atoms with Crippen LogP contribution in [-0.4, -0.2) is 32.2 Å². The molecule has 0 bridgehead atoms. The molecule has 0 aromatic rings. The minimum absolute atomic E-state index is 0.110. The van der Waals surface area contributed by atoms with Crippen LogP contribution in [0.1, 0.15) is 33.1 Å². The summed E-state index contributed by atoms with van der Waals surface area (Å²) in [7, 11) is 0. The normalized spacial score (nSPS) is 21.4. The summed E-state index contributed by atoms with van der Waals surface area (Å²) in [5.74, 6) is 0.636. The molecular formula is C12H24N2O2. The molecule has 0 saturated carbocycles. The number of nitrogens with two attached hydrogens (primary N) is 1. The van der Waals surface area contributed by atoms with E-state index in [9.17, 15) is 4.79 Å². The molecule has 1 aliphatic rings. The number of hydrogen-bond donors (Lipinski definition) is 2. The van der Waals surface area contributed by atoms with E-state index in [4.69, 9.17) is 10.5 Å². The summed E-state index contributed by atoms with van der Waals surface area (Å²) >= 11 is 0. The lowest BCUT2D eigenvalue weighted by atomic mass is 9.79. The fourth-order valence-electron chi connectivity index (χ4n) is 1.88. The number of carbonyl (C=O) groups excluding carboxylic acids is 1. The van der Waals surface area contributed by atoms with Gasteiger partial charge in [0.15, 0.2) is 0 Å². The van der Waals surface area contributed by atoms with E-state index < -0.39 is 0 Å². The first kappa shape index (κ1) is 13.5. The van der Waals surface area contributed by atoms with Gasteiger partial charge in [-0.25, -0.2) is 0 Å². The molecule has 4 nitrogen and oxygen atoms in total. The number of hydrogen-bond acceptors (Lipinski definition) is 3. The van der Waals surface area contributed by atoms with E-state index in [1.54, 1.807) is 0 Å². The Morgan fingerprint density at radius 3 is 2.62 bits per heavy atom. The Balaban J connectivity index is 2.48. The van der Waals surface area contributed by atoms with Gasteiger partial charge in [-0.15, -0.1) is 0 Å². The summed E-state index contributed by atoms with van der Waals surface area (Å²) < 4.78 is 5.29. The zero-order valence-electron chi connectivity index (χ0n) is 10.4. The van der Waals surface area contributed by atoms with Crippen molar-refractivity contribution in [3.05, 3.63) is 0 Å². The van der Waals surface area contributed by atoms with Gasteiger partial charge in [0.05, 0.1) is 5.41 Å². The highest BCUT2D eigenvalue weighted by Gasteiger charge is 2.38. The Labute approximate surface area is 97.9 Å². The maximum atomic E-state index is 12.1. The minimum Gasteiger partial charge on any atom is -0.381 e. The van der Waals surface area contributed by atoms with E-state index in [0.29, 0.717) is 25.7 Å². The predicted octanol–water partition coefficient (Wildman–Crippen LogP) is 0.904. The minimum atomic E-state index is -0.383. The Morgan fingerprint density at radius 1 is 1.50 bits per heavy atom. The van der Waals surface area contributed by atoms with Gasteiger partial charge in [0.1, 0.15) is 0 Å². The SMILES string of the molecule is CCC(C)CNC(=O)C1(CN)CCOCC1. The van der Waals surface area contributed by atoms with E-state index in [-0.39, 0.29) is 11.3 Å². The molecule has 1 fully saturated rings. The maximum Gasteiger partial charge on any atom is 0.227 e. The number of ether oxygens (including phenoxy) is 1. The second-order valence-corrected chi connectivity index (χ2v) is 4.82. The van der Waals surface area contributed by atoms with Crippen molar-refractivity contribution >= 4 is 5.91 Å². The van der Waals surface area contributed by atoms with Gasteiger partial charge in [0, 0.05) is 26.3 Å². The van der Waals surface area contributed by atoms with Crippen LogP contribution in [0.25, 0.3) is 0 Å². The van der Waals surface area contributed by atoms with E-state index in [1.807, 2.05) is 0 Å². The zero-order chi connectivity index (χ0) is 12.0. The second kappa shape index (κ2) is 6.21. The first-order valence-electron chi connectivity index (χ1n) is 6.20. The molecule has 0 spiro atoms. The van der Waals surface area contributed by atoms with Gasteiger partial charge in [-0.05, 0) is 18.8 Å². The highest BCUT2D eigenvalue weighted by molar-refractivity contribution is 5.83. The largest absolute Gasteiger partial charge is 0.381 e. The highest BCUT2D eigenvalue weighted by Crippen LogP contribution is 2.29. The van der Waals surface area contributed by atoms with E-state index in [0.717, 1.165) is 25.8 Å². The Kier molecular flexibility index (Phi) is 5.22. The van der Waals surface area contributed by atoms with E-state index >= 15 is 0 Å². The number of rotatable bonds is 5. The summed E-state index contributed by atoms with van der Waals surface area (Å²) in [4.78, 5) is 12.1. The number of carbonyl (C=O) groups is 1. The third-order valence-electron chi connectivity index (χ3n) is 3.63. The van der Waals surface area contributed by atoms with Crippen LogP contribution in [0.5, 0.6) is 0 Å². The lowest BCUT2D eigenvalue weighted by Gasteiger charge is -2.34. The first-order valence-corrected chi connectivity index (χ1v) is 6.20. The van der Waals surface area contributed by atoms with Gasteiger partial charge < -0.3 is 15.8 Å². The zero-order valence-corrected chi connectivity index (χ0v) is 10.4. The summed E-state index contributed by atoms with van der Waals surface area (Å²) in [5.41, 5.74) is 5.38. The highest BCUT2D eigenvalue weighted by atomic mass is 16.5. The van der Waals surface area contributed by atoms with Crippen LogP contribution in [0.3, 0.4) is 0 Å². The standard InChI is InChI=1S/C12H24N2O2/c1-3-10(2)8-14-11(15)12(9-13)4-6-16-7-5-12/h10H,3-9,13H2,1-2H3,(H,14,15). The molecule has 1 amide bonds. The van der Waals surface area contributed by atoms with Gasteiger partial charge in [-0.1, -0.05) is 20.3 Å². The fourth-order valence-corrected chi connectivity index (χ4v) is 1.88. The van der Waals surface area contributed by atoms with Gasteiger partial charge >= 0.3 is 0 Å². The molecule has 1 saturated heterocycles. The number of amides is 1. The summed E-state index contributed by atoms with van der Waals surface area (Å²) in [5, 5.41) is 3.02. The molecular weight excluding hydrogens is 204 g/mol. The van der Waals surface area contributed by atoms with Crippen LogP contribution in [0.15, 0.2) is 0 Å². The number of nitrogens with one attached hydrogen (secondary N) is 1. The summed E-state index contributed by atoms with van der Waals surface area (Å²) in [6.45, 7) is 6.73. The predicted molar refractivity (Wildman–Crippen MR) is 64.0 cm³/mol. The van der Waals surface area contributed by atoms with Gasteiger partial charge in [-0.2, -0.15) is 0 Å². The molecule has 0 aromatic heterocycles. The molecule has 94 valence electrons. The Morgan fingerprint density at radius 2 is 2.12 bits per heavy atom. The molecule has 1 heterocycles. The first-order chi connectivity index (χ1) is 7.64. The summed E-state index contributed by atoms with van der Waals surface area (Å²) in [6, 6.07) is 0. The van der Waals surface area contributed by atoms with Crippen LogP contribution in [0.4, 0.5) is 0 Å².